The van der Waals surface area contributed by atoms with E-state index in [-0.39, 0.29) is 0 Å². The summed E-state index contributed by atoms with van der Waals surface area (Å²) in [6.45, 7) is 1.02. The van der Waals surface area contributed by atoms with Gasteiger partial charge in [0.2, 0.25) is 5.69 Å². The number of rotatable bonds is 3. The van der Waals surface area contributed by atoms with Gasteiger partial charge in [0.1, 0.15) is 11.8 Å². The first-order valence-corrected chi connectivity index (χ1v) is 9.61. The fourth-order valence-electron chi connectivity index (χ4n) is 4.11. The van der Waals surface area contributed by atoms with Crippen LogP contribution < -0.4 is 9.30 Å². The topological polar surface area (TPSA) is 31.2 Å². The number of methoxy groups -OCH3 is 1. The highest BCUT2D eigenvalue weighted by Crippen LogP contribution is 2.31. The molecule has 0 amide bonds. The molecular formula is C23H23N2O2+. The molecule has 0 radical (unpaired) electrons. The minimum absolute atomic E-state index is 0.885. The highest BCUT2D eigenvalue weighted by atomic mass is 16.5. The van der Waals surface area contributed by atoms with Crippen LogP contribution in [0.5, 0.6) is 5.75 Å². The number of benzene rings is 2. The van der Waals surface area contributed by atoms with E-state index in [4.69, 9.17) is 9.15 Å². The zero-order chi connectivity index (χ0) is 18.2. The minimum atomic E-state index is 0.885. The second kappa shape index (κ2) is 6.62. The van der Waals surface area contributed by atoms with E-state index in [9.17, 15) is 0 Å². The van der Waals surface area contributed by atoms with Crippen LogP contribution in [0.2, 0.25) is 0 Å². The van der Waals surface area contributed by atoms with Crippen LogP contribution >= 0.6 is 0 Å². The summed E-state index contributed by atoms with van der Waals surface area (Å²) >= 11 is 0. The largest absolute Gasteiger partial charge is 0.492 e. The normalized spacial score (nSPS) is 14.1. The molecule has 2 aromatic carbocycles. The smallest absolute Gasteiger partial charge is 0.262 e. The Morgan fingerprint density at radius 3 is 2.74 bits per heavy atom. The molecule has 4 aromatic rings. The van der Waals surface area contributed by atoms with E-state index < -0.39 is 0 Å². The van der Waals surface area contributed by atoms with Gasteiger partial charge >= 0.3 is 0 Å². The lowest BCUT2D eigenvalue weighted by molar-refractivity contribution is -0.604. The number of nitrogens with zero attached hydrogens (tertiary/aromatic N) is 2. The van der Waals surface area contributed by atoms with Crippen molar-refractivity contribution >= 4 is 11.0 Å². The molecule has 2 aromatic heterocycles. The zero-order valence-corrected chi connectivity index (χ0v) is 15.5. The third-order valence-electron chi connectivity index (χ3n) is 5.44. The molecule has 0 unspecified atom stereocenters. The van der Waals surface area contributed by atoms with Crippen molar-refractivity contribution in [3.63, 3.8) is 0 Å². The Labute approximate surface area is 158 Å². The van der Waals surface area contributed by atoms with Gasteiger partial charge in [-0.05, 0) is 43.5 Å². The summed E-state index contributed by atoms with van der Waals surface area (Å²) in [6.07, 6.45) is 6.92. The highest BCUT2D eigenvalue weighted by molar-refractivity contribution is 5.82. The summed E-state index contributed by atoms with van der Waals surface area (Å²) < 4.78 is 16.5. The lowest BCUT2D eigenvalue weighted by atomic mass is 10.2. The molecule has 1 aliphatic rings. The second-order valence-electron chi connectivity index (χ2n) is 7.08. The molecule has 4 nitrogen and oxygen atoms in total. The molecule has 0 spiro atoms. The highest BCUT2D eigenvalue weighted by Gasteiger charge is 2.29. The Kier molecular flexibility index (Phi) is 3.97. The standard InChI is InChI=1S/C23H23N2O2/c1-26-21-12-7-5-10-18(21)25-16-19(24-14-8-2-3-13-23(24)25)22-15-17-9-4-6-11-20(17)27-22/h4-7,9-12,15-16H,2-3,8,13-14H2,1H3/q+1. The van der Waals surface area contributed by atoms with Crippen molar-refractivity contribution in [3.05, 3.63) is 66.6 Å². The van der Waals surface area contributed by atoms with Crippen molar-refractivity contribution in [3.8, 4) is 22.9 Å². The number of para-hydroxylation sites is 3. The summed E-state index contributed by atoms with van der Waals surface area (Å²) in [5.41, 5.74) is 3.14. The van der Waals surface area contributed by atoms with Gasteiger partial charge in [0, 0.05) is 11.8 Å². The third-order valence-corrected chi connectivity index (χ3v) is 5.44. The number of aromatic nitrogens is 2. The van der Waals surface area contributed by atoms with E-state index in [1.54, 1.807) is 7.11 Å². The number of furan rings is 1. The summed E-state index contributed by atoms with van der Waals surface area (Å²) in [7, 11) is 1.73. The van der Waals surface area contributed by atoms with Gasteiger partial charge < -0.3 is 9.15 Å². The van der Waals surface area contributed by atoms with Gasteiger partial charge in [-0.15, -0.1) is 0 Å². The van der Waals surface area contributed by atoms with Gasteiger partial charge in [-0.3, -0.25) is 0 Å². The van der Waals surface area contributed by atoms with Gasteiger partial charge in [-0.2, -0.15) is 4.57 Å². The zero-order valence-electron chi connectivity index (χ0n) is 15.5. The molecule has 5 rings (SSSR count). The summed E-state index contributed by atoms with van der Waals surface area (Å²) in [4.78, 5) is 0. The van der Waals surface area contributed by atoms with Crippen LogP contribution in [0.3, 0.4) is 0 Å². The Balaban J connectivity index is 1.73. The molecule has 1 aliphatic heterocycles. The van der Waals surface area contributed by atoms with Crippen molar-refractivity contribution in [1.29, 1.82) is 0 Å². The van der Waals surface area contributed by atoms with Crippen molar-refractivity contribution in [2.24, 2.45) is 0 Å². The van der Waals surface area contributed by atoms with Crippen LogP contribution in [0.25, 0.3) is 28.1 Å². The molecule has 0 saturated heterocycles. The number of imidazole rings is 1. The van der Waals surface area contributed by atoms with Gasteiger partial charge in [0.15, 0.2) is 17.2 Å². The number of hydrogen-bond donors (Lipinski definition) is 0. The molecule has 4 heteroatoms. The Morgan fingerprint density at radius 2 is 1.85 bits per heavy atom. The molecule has 0 saturated carbocycles. The van der Waals surface area contributed by atoms with E-state index in [1.807, 2.05) is 24.3 Å². The molecule has 0 atom stereocenters. The van der Waals surface area contributed by atoms with Crippen LogP contribution in [-0.4, -0.2) is 11.7 Å². The van der Waals surface area contributed by atoms with Crippen LogP contribution in [0, 0.1) is 0 Å². The van der Waals surface area contributed by atoms with E-state index in [2.05, 4.69) is 45.7 Å². The van der Waals surface area contributed by atoms with Crippen LogP contribution in [0.15, 0.2) is 65.2 Å². The number of fused-ring (bicyclic) bond motifs is 2. The first-order valence-electron chi connectivity index (χ1n) is 9.61. The van der Waals surface area contributed by atoms with E-state index in [1.165, 1.54) is 25.1 Å². The van der Waals surface area contributed by atoms with Gasteiger partial charge in [0.05, 0.1) is 13.7 Å². The summed E-state index contributed by atoms with van der Waals surface area (Å²) in [5, 5.41) is 1.14. The SMILES string of the molecule is COc1ccccc1-[n+]1cc(-c2cc3ccccc3o2)n2c1CCCCC2. The molecule has 3 heterocycles. The van der Waals surface area contributed by atoms with Crippen LogP contribution in [0.1, 0.15) is 25.1 Å². The second-order valence-corrected chi connectivity index (χ2v) is 7.08. The Hall–Kier alpha value is -3.01. The van der Waals surface area contributed by atoms with Gasteiger partial charge in [-0.25, -0.2) is 4.57 Å². The average molecular weight is 359 g/mol. The molecule has 136 valence electrons. The predicted molar refractivity (Wildman–Crippen MR) is 105 cm³/mol. The van der Waals surface area contributed by atoms with E-state index in [0.717, 1.165) is 46.8 Å². The number of ether oxygens (including phenoxy) is 1. The first-order chi connectivity index (χ1) is 13.3. The first kappa shape index (κ1) is 16.2. The minimum Gasteiger partial charge on any atom is -0.492 e. The molecular weight excluding hydrogens is 336 g/mol. The van der Waals surface area contributed by atoms with Crippen molar-refractivity contribution in [2.75, 3.05) is 7.11 Å². The third kappa shape index (κ3) is 2.72. The number of hydrogen-bond acceptors (Lipinski definition) is 2. The quantitative estimate of drug-likeness (QED) is 0.487. The van der Waals surface area contributed by atoms with Gasteiger partial charge in [0.25, 0.3) is 5.82 Å². The molecule has 0 N–H and O–H groups in total. The van der Waals surface area contributed by atoms with Crippen molar-refractivity contribution in [1.82, 2.24) is 4.57 Å². The van der Waals surface area contributed by atoms with E-state index >= 15 is 0 Å². The van der Waals surface area contributed by atoms with Crippen LogP contribution in [-0.2, 0) is 13.0 Å². The Bertz CT molecular complexity index is 1070. The molecule has 0 bridgehead atoms. The van der Waals surface area contributed by atoms with Crippen molar-refractivity contribution in [2.45, 2.75) is 32.2 Å². The molecule has 0 fully saturated rings. The monoisotopic (exact) mass is 359 g/mol. The van der Waals surface area contributed by atoms with E-state index in [0.29, 0.717) is 0 Å². The molecule has 27 heavy (non-hydrogen) atoms. The van der Waals surface area contributed by atoms with Gasteiger partial charge in [-0.1, -0.05) is 30.3 Å². The fourth-order valence-corrected chi connectivity index (χ4v) is 4.11. The average Bonchev–Trinajstić information content (AvgIpc) is 3.21. The Morgan fingerprint density at radius 1 is 1.00 bits per heavy atom. The lowest BCUT2D eigenvalue weighted by Gasteiger charge is -2.06. The maximum atomic E-state index is 6.20. The van der Waals surface area contributed by atoms with Crippen LogP contribution in [0.4, 0.5) is 0 Å². The lowest BCUT2D eigenvalue weighted by Crippen LogP contribution is -2.34. The summed E-state index contributed by atoms with van der Waals surface area (Å²) in [5.74, 6) is 3.12. The fraction of sp³-hybridized carbons (Fsp3) is 0.261. The predicted octanol–water partition coefficient (Wildman–Crippen LogP) is 4.91. The van der Waals surface area contributed by atoms with Crippen molar-refractivity contribution < 1.29 is 13.7 Å². The maximum absolute atomic E-state index is 6.20. The maximum Gasteiger partial charge on any atom is 0.262 e. The molecule has 0 aliphatic carbocycles. The summed E-state index contributed by atoms with van der Waals surface area (Å²) in [6, 6.07) is 18.6.